The van der Waals surface area contributed by atoms with Crippen molar-refractivity contribution in [1.82, 2.24) is 25.2 Å². The Morgan fingerprint density at radius 3 is 2.80 bits per heavy atom. The summed E-state index contributed by atoms with van der Waals surface area (Å²) in [6.07, 6.45) is 1.94. The maximum Gasteiger partial charge on any atom is 0.191 e. The van der Waals surface area contributed by atoms with E-state index in [2.05, 4.69) is 25.8 Å². The molecule has 0 saturated heterocycles. The van der Waals surface area contributed by atoms with Crippen molar-refractivity contribution in [1.29, 1.82) is 0 Å². The molecular weight excluding hydrogens is 316 g/mol. The number of guanidine groups is 1. The molecule has 126 valence electrons. The molecule has 4 aromatic rings. The molecule has 0 aliphatic carbocycles. The SMILES string of the molecule is CN=C(NCc1cc2ccccc2o1)NCc1nnc2ccccn12. The van der Waals surface area contributed by atoms with Crippen molar-refractivity contribution in [3.63, 3.8) is 0 Å². The first-order valence-corrected chi connectivity index (χ1v) is 8.04. The van der Waals surface area contributed by atoms with E-state index in [0.29, 0.717) is 19.0 Å². The lowest BCUT2D eigenvalue weighted by atomic mass is 10.2. The molecule has 0 unspecified atom stereocenters. The van der Waals surface area contributed by atoms with E-state index in [1.54, 1.807) is 7.05 Å². The van der Waals surface area contributed by atoms with Crippen molar-refractivity contribution in [2.75, 3.05) is 7.05 Å². The Morgan fingerprint density at radius 1 is 1.08 bits per heavy atom. The quantitative estimate of drug-likeness (QED) is 0.442. The highest BCUT2D eigenvalue weighted by molar-refractivity contribution is 5.80. The normalized spacial score (nSPS) is 12.0. The van der Waals surface area contributed by atoms with E-state index < -0.39 is 0 Å². The second-order valence-electron chi connectivity index (χ2n) is 5.57. The highest BCUT2D eigenvalue weighted by Gasteiger charge is 2.07. The number of aromatic nitrogens is 3. The van der Waals surface area contributed by atoms with Crippen molar-refractivity contribution in [2.24, 2.45) is 4.99 Å². The molecule has 0 spiro atoms. The van der Waals surface area contributed by atoms with E-state index in [-0.39, 0.29) is 0 Å². The zero-order valence-electron chi connectivity index (χ0n) is 13.8. The van der Waals surface area contributed by atoms with Crippen LogP contribution < -0.4 is 10.6 Å². The van der Waals surface area contributed by atoms with Gasteiger partial charge >= 0.3 is 0 Å². The van der Waals surface area contributed by atoms with E-state index >= 15 is 0 Å². The Morgan fingerprint density at radius 2 is 1.92 bits per heavy atom. The van der Waals surface area contributed by atoms with Crippen molar-refractivity contribution < 1.29 is 4.42 Å². The Bertz CT molecular complexity index is 999. The molecule has 4 rings (SSSR count). The lowest BCUT2D eigenvalue weighted by Gasteiger charge is -2.10. The summed E-state index contributed by atoms with van der Waals surface area (Å²) in [7, 11) is 1.73. The van der Waals surface area contributed by atoms with Gasteiger partial charge in [0.05, 0.1) is 13.1 Å². The Labute approximate surface area is 144 Å². The summed E-state index contributed by atoms with van der Waals surface area (Å²) in [6, 6.07) is 15.8. The van der Waals surface area contributed by atoms with Crippen LogP contribution in [0.3, 0.4) is 0 Å². The molecular formula is C18H18N6O. The first-order chi connectivity index (χ1) is 12.3. The zero-order valence-corrected chi connectivity index (χ0v) is 13.8. The van der Waals surface area contributed by atoms with Gasteiger partial charge in [0.25, 0.3) is 0 Å². The molecule has 1 aromatic carbocycles. The molecule has 0 atom stereocenters. The lowest BCUT2D eigenvalue weighted by Crippen LogP contribution is -2.36. The van der Waals surface area contributed by atoms with E-state index in [1.807, 2.05) is 59.1 Å². The van der Waals surface area contributed by atoms with Crippen LogP contribution in [0.2, 0.25) is 0 Å². The van der Waals surface area contributed by atoms with Gasteiger partial charge in [-0.15, -0.1) is 10.2 Å². The van der Waals surface area contributed by atoms with Gasteiger partial charge in [-0.05, 0) is 24.3 Å². The van der Waals surface area contributed by atoms with Crippen LogP contribution in [-0.4, -0.2) is 27.6 Å². The number of fused-ring (bicyclic) bond motifs is 2. The van der Waals surface area contributed by atoms with Gasteiger partial charge in [0.1, 0.15) is 11.3 Å². The van der Waals surface area contributed by atoms with Crippen molar-refractivity contribution in [3.05, 3.63) is 66.3 Å². The fourth-order valence-electron chi connectivity index (χ4n) is 2.69. The zero-order chi connectivity index (χ0) is 17.1. The topological polar surface area (TPSA) is 79.8 Å². The fraction of sp³-hybridized carbons (Fsp3) is 0.167. The average molecular weight is 334 g/mol. The number of furan rings is 1. The predicted octanol–water partition coefficient (Wildman–Crippen LogP) is 2.34. The third-order valence-electron chi connectivity index (χ3n) is 3.93. The molecule has 3 aromatic heterocycles. The number of para-hydroxylation sites is 1. The Hall–Kier alpha value is -3.35. The van der Waals surface area contributed by atoms with Gasteiger partial charge in [0.2, 0.25) is 0 Å². The molecule has 7 nitrogen and oxygen atoms in total. The molecule has 0 radical (unpaired) electrons. The number of benzene rings is 1. The largest absolute Gasteiger partial charge is 0.459 e. The molecule has 3 heterocycles. The highest BCUT2D eigenvalue weighted by atomic mass is 16.3. The second kappa shape index (κ2) is 6.64. The fourth-order valence-corrected chi connectivity index (χ4v) is 2.69. The minimum absolute atomic E-state index is 0.519. The van der Waals surface area contributed by atoms with E-state index in [9.17, 15) is 0 Å². The Kier molecular flexibility index (Phi) is 4.04. The van der Waals surface area contributed by atoms with Gasteiger partial charge in [-0.2, -0.15) is 0 Å². The molecule has 0 aliphatic heterocycles. The standard InChI is InChI=1S/C18H18N6O/c1-19-18(20-11-14-10-13-6-2-3-7-15(13)25-14)21-12-17-23-22-16-8-4-5-9-24(16)17/h2-10H,11-12H2,1H3,(H2,19,20,21). The first kappa shape index (κ1) is 15.2. The predicted molar refractivity (Wildman–Crippen MR) is 96.2 cm³/mol. The van der Waals surface area contributed by atoms with Gasteiger partial charge in [-0.3, -0.25) is 9.39 Å². The van der Waals surface area contributed by atoms with E-state index in [1.165, 1.54) is 0 Å². The summed E-state index contributed by atoms with van der Waals surface area (Å²) in [5, 5.41) is 15.9. The number of nitrogens with zero attached hydrogens (tertiary/aromatic N) is 4. The maximum atomic E-state index is 5.80. The van der Waals surface area contributed by atoms with Crippen molar-refractivity contribution >= 4 is 22.6 Å². The van der Waals surface area contributed by atoms with Gasteiger partial charge in [0.15, 0.2) is 17.4 Å². The van der Waals surface area contributed by atoms with Crippen LogP contribution in [0.25, 0.3) is 16.6 Å². The molecule has 0 saturated carbocycles. The highest BCUT2D eigenvalue weighted by Crippen LogP contribution is 2.18. The van der Waals surface area contributed by atoms with E-state index in [4.69, 9.17) is 4.42 Å². The van der Waals surface area contributed by atoms with Gasteiger partial charge in [-0.1, -0.05) is 24.3 Å². The Balaban J connectivity index is 1.39. The van der Waals surface area contributed by atoms with Crippen LogP contribution in [0.1, 0.15) is 11.6 Å². The summed E-state index contributed by atoms with van der Waals surface area (Å²) in [5.74, 6) is 2.35. The average Bonchev–Trinajstić information content (AvgIpc) is 3.25. The summed E-state index contributed by atoms with van der Waals surface area (Å²) < 4.78 is 7.74. The van der Waals surface area contributed by atoms with Crippen LogP contribution in [0.15, 0.2) is 64.1 Å². The first-order valence-electron chi connectivity index (χ1n) is 8.04. The smallest absolute Gasteiger partial charge is 0.191 e. The number of pyridine rings is 1. The van der Waals surface area contributed by atoms with Crippen LogP contribution in [0, 0.1) is 0 Å². The monoisotopic (exact) mass is 334 g/mol. The molecule has 25 heavy (non-hydrogen) atoms. The third kappa shape index (κ3) is 3.16. The number of rotatable bonds is 4. The van der Waals surface area contributed by atoms with Crippen molar-refractivity contribution in [2.45, 2.75) is 13.1 Å². The number of aliphatic imine (C=N–C) groups is 1. The van der Waals surface area contributed by atoms with Gasteiger partial charge in [-0.25, -0.2) is 0 Å². The minimum atomic E-state index is 0.519. The number of nitrogens with one attached hydrogen (secondary N) is 2. The molecule has 0 amide bonds. The summed E-state index contributed by atoms with van der Waals surface area (Å²) >= 11 is 0. The number of hydrogen-bond donors (Lipinski definition) is 2. The summed E-state index contributed by atoms with van der Waals surface area (Å²) in [6.45, 7) is 1.07. The molecule has 2 N–H and O–H groups in total. The number of hydrogen-bond acceptors (Lipinski definition) is 4. The summed E-state index contributed by atoms with van der Waals surface area (Å²) in [5.41, 5.74) is 1.71. The summed E-state index contributed by atoms with van der Waals surface area (Å²) in [4.78, 5) is 4.23. The minimum Gasteiger partial charge on any atom is -0.459 e. The van der Waals surface area contributed by atoms with Crippen LogP contribution in [0.4, 0.5) is 0 Å². The molecule has 0 bridgehead atoms. The molecule has 0 aliphatic rings. The van der Waals surface area contributed by atoms with E-state index in [0.717, 1.165) is 28.2 Å². The van der Waals surface area contributed by atoms with Crippen LogP contribution >= 0.6 is 0 Å². The van der Waals surface area contributed by atoms with Crippen molar-refractivity contribution in [3.8, 4) is 0 Å². The van der Waals surface area contributed by atoms with Crippen LogP contribution in [0.5, 0.6) is 0 Å². The lowest BCUT2D eigenvalue weighted by molar-refractivity contribution is 0.538. The second-order valence-corrected chi connectivity index (χ2v) is 5.57. The molecule has 7 heteroatoms. The third-order valence-corrected chi connectivity index (χ3v) is 3.93. The van der Waals surface area contributed by atoms with Gasteiger partial charge in [0, 0.05) is 18.6 Å². The van der Waals surface area contributed by atoms with Crippen LogP contribution in [-0.2, 0) is 13.1 Å². The maximum absolute atomic E-state index is 5.80. The molecule has 0 fully saturated rings. The van der Waals surface area contributed by atoms with Gasteiger partial charge < -0.3 is 15.1 Å².